The summed E-state index contributed by atoms with van der Waals surface area (Å²) >= 11 is 0. The third-order valence-electron chi connectivity index (χ3n) is 2.55. The predicted molar refractivity (Wildman–Crippen MR) is 61.5 cm³/mol. The van der Waals surface area contributed by atoms with Gasteiger partial charge in [0.25, 0.3) is 0 Å². The van der Waals surface area contributed by atoms with E-state index < -0.39 is 10.0 Å². The molecular formula is C11H17NO2S. The zero-order valence-corrected chi connectivity index (χ0v) is 10.6. The second-order valence-corrected chi connectivity index (χ2v) is 6.11. The highest BCUT2D eigenvalue weighted by atomic mass is 32.2. The molecule has 1 aromatic rings. The maximum atomic E-state index is 11.9. The summed E-state index contributed by atoms with van der Waals surface area (Å²) in [6, 6.07) is 3.64. The second-order valence-electron chi connectivity index (χ2n) is 3.99. The average molecular weight is 227 g/mol. The van der Waals surface area contributed by atoms with Crippen molar-refractivity contribution in [1.82, 2.24) is 4.31 Å². The highest BCUT2D eigenvalue weighted by Gasteiger charge is 2.19. The summed E-state index contributed by atoms with van der Waals surface area (Å²) in [5, 5.41) is 0. The Labute approximate surface area is 91.8 Å². The Morgan fingerprint density at radius 3 is 1.87 bits per heavy atom. The molecule has 0 saturated carbocycles. The van der Waals surface area contributed by atoms with E-state index in [0.29, 0.717) is 4.90 Å². The molecule has 84 valence electrons. The Kier molecular flexibility index (Phi) is 3.21. The molecule has 0 bridgehead atoms. The van der Waals surface area contributed by atoms with E-state index in [1.165, 1.54) is 4.31 Å². The van der Waals surface area contributed by atoms with Gasteiger partial charge in [-0.1, -0.05) is 6.07 Å². The Morgan fingerprint density at radius 2 is 1.40 bits per heavy atom. The molecule has 0 aromatic heterocycles. The number of benzene rings is 1. The smallest absolute Gasteiger partial charge is 0.207 e. The SMILES string of the molecule is Cc1cc(C)c(S(=O)(=O)N(C)C)cc1C. The molecule has 0 N–H and O–H groups in total. The normalized spacial score (nSPS) is 12.1. The lowest BCUT2D eigenvalue weighted by molar-refractivity contribution is 0.520. The molecule has 1 rings (SSSR count). The van der Waals surface area contributed by atoms with Crippen molar-refractivity contribution in [3.05, 3.63) is 28.8 Å². The molecular weight excluding hydrogens is 210 g/mol. The molecule has 0 amide bonds. The van der Waals surface area contributed by atoms with Crippen molar-refractivity contribution in [2.75, 3.05) is 14.1 Å². The zero-order valence-electron chi connectivity index (χ0n) is 9.83. The average Bonchev–Trinajstić information content (AvgIpc) is 2.10. The summed E-state index contributed by atoms with van der Waals surface area (Å²) in [6.45, 7) is 5.72. The zero-order chi connectivity index (χ0) is 11.8. The van der Waals surface area contributed by atoms with Crippen LogP contribution in [-0.4, -0.2) is 26.8 Å². The summed E-state index contributed by atoms with van der Waals surface area (Å²) in [5.74, 6) is 0. The first-order valence-electron chi connectivity index (χ1n) is 4.77. The maximum absolute atomic E-state index is 11.9. The Morgan fingerprint density at radius 1 is 0.933 bits per heavy atom. The monoisotopic (exact) mass is 227 g/mol. The van der Waals surface area contributed by atoms with Gasteiger partial charge in [-0.2, -0.15) is 0 Å². The first kappa shape index (κ1) is 12.2. The largest absolute Gasteiger partial charge is 0.242 e. The lowest BCUT2D eigenvalue weighted by Gasteiger charge is -2.15. The summed E-state index contributed by atoms with van der Waals surface area (Å²) in [6.07, 6.45) is 0. The minimum Gasteiger partial charge on any atom is -0.207 e. The summed E-state index contributed by atoms with van der Waals surface area (Å²) in [7, 11) is -0.222. The lowest BCUT2D eigenvalue weighted by Crippen LogP contribution is -2.23. The van der Waals surface area contributed by atoms with E-state index in [4.69, 9.17) is 0 Å². The first-order chi connectivity index (χ1) is 6.76. The van der Waals surface area contributed by atoms with Crippen LogP contribution in [0.3, 0.4) is 0 Å². The van der Waals surface area contributed by atoms with Crippen LogP contribution >= 0.6 is 0 Å². The van der Waals surface area contributed by atoms with Crippen molar-refractivity contribution in [2.45, 2.75) is 25.7 Å². The Balaban J connectivity index is 3.46. The van der Waals surface area contributed by atoms with Gasteiger partial charge in [0, 0.05) is 14.1 Å². The van der Waals surface area contributed by atoms with E-state index in [2.05, 4.69) is 0 Å². The fourth-order valence-electron chi connectivity index (χ4n) is 1.41. The Bertz CT molecular complexity index is 476. The molecule has 15 heavy (non-hydrogen) atoms. The van der Waals surface area contributed by atoms with Crippen LogP contribution < -0.4 is 0 Å². The molecule has 3 nitrogen and oxygen atoms in total. The van der Waals surface area contributed by atoms with Crippen molar-refractivity contribution in [3.8, 4) is 0 Å². The summed E-state index contributed by atoms with van der Waals surface area (Å²) < 4.78 is 25.1. The number of aryl methyl sites for hydroxylation is 3. The van der Waals surface area contributed by atoms with Crippen molar-refractivity contribution < 1.29 is 8.42 Å². The van der Waals surface area contributed by atoms with Gasteiger partial charge in [-0.05, 0) is 43.5 Å². The highest BCUT2D eigenvalue weighted by Crippen LogP contribution is 2.21. The molecule has 0 aliphatic rings. The molecule has 0 aliphatic carbocycles. The van der Waals surface area contributed by atoms with E-state index in [1.807, 2.05) is 26.8 Å². The van der Waals surface area contributed by atoms with Gasteiger partial charge >= 0.3 is 0 Å². The van der Waals surface area contributed by atoms with Crippen LogP contribution in [0.25, 0.3) is 0 Å². The van der Waals surface area contributed by atoms with Gasteiger partial charge in [-0.25, -0.2) is 12.7 Å². The molecule has 0 aliphatic heterocycles. The van der Waals surface area contributed by atoms with E-state index in [0.717, 1.165) is 16.7 Å². The molecule has 0 spiro atoms. The number of sulfonamides is 1. The third kappa shape index (κ3) is 2.21. The van der Waals surface area contributed by atoms with Gasteiger partial charge in [0.1, 0.15) is 0 Å². The van der Waals surface area contributed by atoms with Gasteiger partial charge in [0.15, 0.2) is 0 Å². The van der Waals surface area contributed by atoms with Crippen LogP contribution in [0, 0.1) is 20.8 Å². The molecule has 0 atom stereocenters. The van der Waals surface area contributed by atoms with Crippen LogP contribution in [-0.2, 0) is 10.0 Å². The van der Waals surface area contributed by atoms with Gasteiger partial charge in [0.05, 0.1) is 4.90 Å². The standard InChI is InChI=1S/C11H17NO2S/c1-8-6-10(3)11(7-9(8)2)15(13,14)12(4)5/h6-7H,1-5H3. The number of hydrogen-bond donors (Lipinski definition) is 0. The minimum atomic E-state index is -3.31. The van der Waals surface area contributed by atoms with Crippen LogP contribution in [0.4, 0.5) is 0 Å². The summed E-state index contributed by atoms with van der Waals surface area (Å²) in [4.78, 5) is 0.399. The van der Waals surface area contributed by atoms with Crippen LogP contribution in [0.2, 0.25) is 0 Å². The van der Waals surface area contributed by atoms with E-state index in [-0.39, 0.29) is 0 Å². The van der Waals surface area contributed by atoms with Crippen molar-refractivity contribution >= 4 is 10.0 Å². The number of nitrogens with zero attached hydrogens (tertiary/aromatic N) is 1. The topological polar surface area (TPSA) is 37.4 Å². The summed E-state index contributed by atoms with van der Waals surface area (Å²) in [5.41, 5.74) is 2.91. The number of hydrogen-bond acceptors (Lipinski definition) is 2. The minimum absolute atomic E-state index is 0.399. The van der Waals surface area contributed by atoms with Crippen LogP contribution in [0.5, 0.6) is 0 Å². The molecule has 0 heterocycles. The lowest BCUT2D eigenvalue weighted by atomic mass is 10.1. The fourth-order valence-corrected chi connectivity index (χ4v) is 2.59. The van der Waals surface area contributed by atoms with E-state index >= 15 is 0 Å². The molecule has 0 radical (unpaired) electrons. The Hall–Kier alpha value is -0.870. The van der Waals surface area contributed by atoms with Crippen molar-refractivity contribution in [1.29, 1.82) is 0 Å². The van der Waals surface area contributed by atoms with Crippen molar-refractivity contribution in [3.63, 3.8) is 0 Å². The second kappa shape index (κ2) is 3.94. The van der Waals surface area contributed by atoms with Gasteiger partial charge in [-0.3, -0.25) is 0 Å². The van der Waals surface area contributed by atoms with Gasteiger partial charge in [-0.15, -0.1) is 0 Å². The van der Waals surface area contributed by atoms with Gasteiger partial charge in [0.2, 0.25) is 10.0 Å². The quantitative estimate of drug-likeness (QED) is 0.773. The molecule has 0 fully saturated rings. The maximum Gasteiger partial charge on any atom is 0.242 e. The number of rotatable bonds is 2. The van der Waals surface area contributed by atoms with Gasteiger partial charge < -0.3 is 0 Å². The van der Waals surface area contributed by atoms with E-state index in [1.54, 1.807) is 20.2 Å². The van der Waals surface area contributed by atoms with E-state index in [9.17, 15) is 8.42 Å². The third-order valence-corrected chi connectivity index (χ3v) is 4.51. The van der Waals surface area contributed by atoms with Crippen LogP contribution in [0.1, 0.15) is 16.7 Å². The molecule has 1 aromatic carbocycles. The van der Waals surface area contributed by atoms with Crippen LogP contribution in [0.15, 0.2) is 17.0 Å². The van der Waals surface area contributed by atoms with Crippen molar-refractivity contribution in [2.24, 2.45) is 0 Å². The highest BCUT2D eigenvalue weighted by molar-refractivity contribution is 7.89. The fraction of sp³-hybridized carbons (Fsp3) is 0.455. The molecule has 4 heteroatoms. The molecule has 0 unspecified atom stereocenters. The molecule has 0 saturated heterocycles. The first-order valence-corrected chi connectivity index (χ1v) is 6.21. The predicted octanol–water partition coefficient (Wildman–Crippen LogP) is 1.86.